The number of hydrogen-bond donors (Lipinski definition) is 0. The molecule has 16 heavy (non-hydrogen) atoms. The van der Waals surface area contributed by atoms with Crippen LogP contribution in [-0.4, -0.2) is 4.98 Å². The van der Waals surface area contributed by atoms with Crippen LogP contribution < -0.4 is 0 Å². The van der Waals surface area contributed by atoms with Crippen LogP contribution in [0.3, 0.4) is 0 Å². The Balaban J connectivity index is 3.27. The second-order valence-corrected chi connectivity index (χ2v) is 7.21. The lowest BCUT2D eigenvalue weighted by atomic mass is 9.90. The van der Waals surface area contributed by atoms with E-state index in [2.05, 4.69) is 47.6 Å². The maximum absolute atomic E-state index is 8.85. The Bertz CT molecular complexity index is 411. The molecule has 0 spiro atoms. The Morgan fingerprint density at radius 2 is 1.69 bits per heavy atom. The first kappa shape index (κ1) is 13.2. The van der Waals surface area contributed by atoms with Crippen LogP contribution in [0.4, 0.5) is 0 Å². The first-order valence-corrected chi connectivity index (χ1v) is 6.35. The Morgan fingerprint density at radius 1 is 1.12 bits per heavy atom. The van der Waals surface area contributed by atoms with Crippen LogP contribution in [0, 0.1) is 11.3 Å². The summed E-state index contributed by atoms with van der Waals surface area (Å²) in [7, 11) is 0. The maximum atomic E-state index is 8.85. The molecule has 1 rings (SSSR count). The van der Waals surface area contributed by atoms with E-state index in [1.165, 1.54) is 0 Å². The highest BCUT2D eigenvalue weighted by Gasteiger charge is 2.27. The van der Waals surface area contributed by atoms with Crippen molar-refractivity contribution in [2.45, 2.75) is 58.8 Å². The second kappa shape index (κ2) is 4.18. The van der Waals surface area contributed by atoms with Crippen LogP contribution >= 0.6 is 11.3 Å². The van der Waals surface area contributed by atoms with Gasteiger partial charge < -0.3 is 0 Å². The lowest BCUT2D eigenvalue weighted by Gasteiger charge is -2.17. The molecule has 3 heteroatoms. The van der Waals surface area contributed by atoms with Crippen molar-refractivity contribution in [1.82, 2.24) is 4.98 Å². The van der Waals surface area contributed by atoms with E-state index in [-0.39, 0.29) is 10.8 Å². The van der Waals surface area contributed by atoms with Crippen LogP contribution in [0.1, 0.15) is 57.1 Å². The van der Waals surface area contributed by atoms with Crippen molar-refractivity contribution in [2.24, 2.45) is 0 Å². The van der Waals surface area contributed by atoms with Crippen molar-refractivity contribution in [1.29, 1.82) is 5.26 Å². The summed E-state index contributed by atoms with van der Waals surface area (Å²) >= 11 is 1.68. The zero-order valence-electron chi connectivity index (χ0n) is 11.0. The van der Waals surface area contributed by atoms with Crippen LogP contribution in [0.15, 0.2) is 0 Å². The summed E-state index contributed by atoms with van der Waals surface area (Å²) in [4.78, 5) is 5.86. The fourth-order valence-corrected chi connectivity index (χ4v) is 2.71. The van der Waals surface area contributed by atoms with Crippen molar-refractivity contribution in [3.8, 4) is 6.07 Å². The van der Waals surface area contributed by atoms with E-state index in [4.69, 9.17) is 10.2 Å². The number of thiazole rings is 1. The minimum atomic E-state index is 0.0200. The summed E-state index contributed by atoms with van der Waals surface area (Å²) in [5, 5.41) is 9.98. The van der Waals surface area contributed by atoms with E-state index in [0.717, 1.165) is 15.6 Å². The molecule has 0 saturated heterocycles. The maximum Gasteiger partial charge on any atom is 0.0985 e. The molecule has 0 aliphatic heterocycles. The van der Waals surface area contributed by atoms with Crippen molar-refractivity contribution in [2.75, 3.05) is 0 Å². The van der Waals surface area contributed by atoms with Gasteiger partial charge >= 0.3 is 0 Å². The second-order valence-electron chi connectivity index (χ2n) is 6.13. The molecule has 1 heterocycles. The Labute approximate surface area is 102 Å². The number of hydrogen-bond acceptors (Lipinski definition) is 3. The van der Waals surface area contributed by atoms with E-state index in [1.54, 1.807) is 11.3 Å². The van der Waals surface area contributed by atoms with Crippen molar-refractivity contribution >= 4 is 11.3 Å². The number of aromatic nitrogens is 1. The molecule has 0 N–H and O–H groups in total. The van der Waals surface area contributed by atoms with Gasteiger partial charge in [0.05, 0.1) is 23.2 Å². The minimum Gasteiger partial charge on any atom is -0.245 e. The average Bonchev–Trinajstić information content (AvgIpc) is 2.46. The molecule has 88 valence electrons. The van der Waals surface area contributed by atoms with Gasteiger partial charge in [0.1, 0.15) is 0 Å². The van der Waals surface area contributed by atoms with Gasteiger partial charge in [-0.1, -0.05) is 41.5 Å². The molecule has 0 atom stereocenters. The van der Waals surface area contributed by atoms with Crippen LogP contribution in [0.25, 0.3) is 0 Å². The molecular formula is C13H20N2S. The molecular weight excluding hydrogens is 216 g/mol. The Hall–Kier alpha value is -0.880. The van der Waals surface area contributed by atoms with Gasteiger partial charge in [-0.15, -0.1) is 11.3 Å². The molecule has 2 nitrogen and oxygen atoms in total. The van der Waals surface area contributed by atoms with Gasteiger partial charge in [0, 0.05) is 15.7 Å². The third kappa shape index (κ3) is 2.82. The highest BCUT2D eigenvalue weighted by Crippen LogP contribution is 2.35. The normalized spacial score (nSPS) is 12.6. The van der Waals surface area contributed by atoms with E-state index in [1.807, 2.05) is 0 Å². The van der Waals surface area contributed by atoms with Gasteiger partial charge in [0.15, 0.2) is 0 Å². The molecule has 0 unspecified atom stereocenters. The van der Waals surface area contributed by atoms with Gasteiger partial charge in [-0.3, -0.25) is 0 Å². The SMILES string of the molecule is CC(C)(C)c1nc(C(C)(C)C)c(CC#N)s1. The highest BCUT2D eigenvalue weighted by atomic mass is 32.1. The monoisotopic (exact) mass is 236 g/mol. The number of nitriles is 1. The van der Waals surface area contributed by atoms with Gasteiger partial charge in [0.2, 0.25) is 0 Å². The Kier molecular flexibility index (Phi) is 3.44. The van der Waals surface area contributed by atoms with Gasteiger partial charge in [-0.05, 0) is 0 Å². The summed E-state index contributed by atoms with van der Waals surface area (Å²) < 4.78 is 0. The first-order valence-electron chi connectivity index (χ1n) is 5.54. The molecule has 0 aliphatic carbocycles. The smallest absolute Gasteiger partial charge is 0.0985 e. The largest absolute Gasteiger partial charge is 0.245 e. The third-order valence-corrected chi connectivity index (χ3v) is 3.77. The van der Waals surface area contributed by atoms with E-state index in [0.29, 0.717) is 6.42 Å². The molecule has 0 amide bonds. The molecule has 0 bridgehead atoms. The zero-order valence-corrected chi connectivity index (χ0v) is 11.8. The summed E-state index contributed by atoms with van der Waals surface area (Å²) in [5.41, 5.74) is 1.17. The molecule has 0 fully saturated rings. The quantitative estimate of drug-likeness (QED) is 0.743. The topological polar surface area (TPSA) is 36.7 Å². The van der Waals surface area contributed by atoms with Gasteiger partial charge in [-0.25, -0.2) is 4.98 Å². The predicted molar refractivity (Wildman–Crippen MR) is 68.8 cm³/mol. The van der Waals surface area contributed by atoms with Gasteiger partial charge in [0.25, 0.3) is 0 Å². The molecule has 1 aromatic heterocycles. The van der Waals surface area contributed by atoms with E-state index >= 15 is 0 Å². The molecule has 0 aromatic carbocycles. The molecule has 1 aromatic rings. The van der Waals surface area contributed by atoms with E-state index < -0.39 is 0 Å². The zero-order chi connectivity index (χ0) is 12.6. The molecule has 0 radical (unpaired) electrons. The van der Waals surface area contributed by atoms with Crippen molar-refractivity contribution < 1.29 is 0 Å². The fourth-order valence-electron chi connectivity index (χ4n) is 1.45. The van der Waals surface area contributed by atoms with Crippen LogP contribution in [-0.2, 0) is 17.3 Å². The highest BCUT2D eigenvalue weighted by molar-refractivity contribution is 7.12. The van der Waals surface area contributed by atoms with Gasteiger partial charge in [-0.2, -0.15) is 5.26 Å². The standard InChI is InChI=1S/C13H20N2S/c1-12(2,3)10-9(7-8-14)16-11(15-10)13(4,5)6/h7H2,1-6H3. The molecule has 0 saturated carbocycles. The van der Waals surface area contributed by atoms with Crippen LogP contribution in [0.2, 0.25) is 0 Å². The molecule has 0 aliphatic rings. The predicted octanol–water partition coefficient (Wildman–Crippen LogP) is 3.80. The number of nitrogens with zero attached hydrogens (tertiary/aromatic N) is 2. The minimum absolute atomic E-state index is 0.0200. The van der Waals surface area contributed by atoms with Crippen molar-refractivity contribution in [3.05, 3.63) is 15.6 Å². The fraction of sp³-hybridized carbons (Fsp3) is 0.692. The lowest BCUT2D eigenvalue weighted by molar-refractivity contribution is 0.544. The summed E-state index contributed by atoms with van der Waals surface area (Å²) in [6.45, 7) is 12.9. The Morgan fingerprint density at radius 3 is 2.06 bits per heavy atom. The van der Waals surface area contributed by atoms with Crippen molar-refractivity contribution in [3.63, 3.8) is 0 Å². The number of rotatable bonds is 1. The van der Waals surface area contributed by atoms with E-state index in [9.17, 15) is 0 Å². The summed E-state index contributed by atoms with van der Waals surface area (Å²) in [6.07, 6.45) is 0.473. The first-order chi connectivity index (χ1) is 7.16. The summed E-state index contributed by atoms with van der Waals surface area (Å²) in [6, 6.07) is 2.23. The third-order valence-electron chi connectivity index (χ3n) is 2.29. The summed E-state index contributed by atoms with van der Waals surface area (Å²) in [5.74, 6) is 0. The van der Waals surface area contributed by atoms with Crippen LogP contribution in [0.5, 0.6) is 0 Å². The lowest BCUT2D eigenvalue weighted by Crippen LogP contribution is -2.16. The average molecular weight is 236 g/mol.